The summed E-state index contributed by atoms with van der Waals surface area (Å²) in [4.78, 5) is 5.04. The lowest BCUT2D eigenvalue weighted by molar-refractivity contribution is 0.121. The van der Waals surface area contributed by atoms with Gasteiger partial charge in [0.15, 0.2) is 0 Å². The normalized spacial score (nSPS) is 26.3. The summed E-state index contributed by atoms with van der Waals surface area (Å²) in [6.07, 6.45) is 0. The minimum atomic E-state index is 0.301. The van der Waals surface area contributed by atoms with Crippen molar-refractivity contribution in [3.05, 3.63) is 11.5 Å². The number of rotatable bonds is 1. The van der Waals surface area contributed by atoms with E-state index in [0.29, 0.717) is 6.04 Å². The van der Waals surface area contributed by atoms with Gasteiger partial charge in [0, 0.05) is 7.05 Å². The van der Waals surface area contributed by atoms with Crippen molar-refractivity contribution in [1.82, 2.24) is 10.8 Å². The second-order valence-corrected chi connectivity index (χ2v) is 2.16. The standard InChI is InChI=1S/C6H12N2O/c1-4-6(7-3)5(2)9-8-4/h4,7-8H,1-3H3. The van der Waals surface area contributed by atoms with Crippen molar-refractivity contribution >= 4 is 0 Å². The summed E-state index contributed by atoms with van der Waals surface area (Å²) in [5, 5.41) is 3.06. The number of hydroxylamine groups is 1. The molecule has 0 spiro atoms. The van der Waals surface area contributed by atoms with Crippen molar-refractivity contribution in [3.8, 4) is 0 Å². The van der Waals surface area contributed by atoms with Crippen molar-refractivity contribution in [2.24, 2.45) is 0 Å². The summed E-state index contributed by atoms with van der Waals surface area (Å²) in [5.74, 6) is 0.935. The van der Waals surface area contributed by atoms with Crippen LogP contribution in [0.2, 0.25) is 0 Å². The molecule has 0 bridgehead atoms. The molecule has 1 aliphatic rings. The fourth-order valence-corrected chi connectivity index (χ4v) is 0.988. The Labute approximate surface area is 55.0 Å². The van der Waals surface area contributed by atoms with E-state index in [1.165, 1.54) is 0 Å². The van der Waals surface area contributed by atoms with Crippen LogP contribution in [0, 0.1) is 0 Å². The first kappa shape index (κ1) is 6.42. The summed E-state index contributed by atoms with van der Waals surface area (Å²) in [6, 6.07) is 0.301. The Kier molecular flexibility index (Phi) is 1.62. The number of hydrogen-bond donors (Lipinski definition) is 2. The average Bonchev–Trinajstić information content (AvgIpc) is 2.12. The van der Waals surface area contributed by atoms with E-state index >= 15 is 0 Å². The molecule has 1 atom stereocenters. The second kappa shape index (κ2) is 2.27. The van der Waals surface area contributed by atoms with Crippen LogP contribution < -0.4 is 10.8 Å². The lowest BCUT2D eigenvalue weighted by Gasteiger charge is -2.03. The summed E-state index contributed by atoms with van der Waals surface area (Å²) >= 11 is 0. The predicted molar refractivity (Wildman–Crippen MR) is 35.4 cm³/mol. The van der Waals surface area contributed by atoms with Crippen LogP contribution in [0.1, 0.15) is 13.8 Å². The molecule has 0 aromatic rings. The van der Waals surface area contributed by atoms with Crippen molar-refractivity contribution in [3.63, 3.8) is 0 Å². The molecule has 1 rings (SSSR count). The Bertz CT molecular complexity index is 142. The van der Waals surface area contributed by atoms with Crippen LogP contribution in [-0.2, 0) is 4.84 Å². The molecule has 0 saturated heterocycles. The minimum absolute atomic E-state index is 0.301. The summed E-state index contributed by atoms with van der Waals surface area (Å²) in [5.41, 5.74) is 3.97. The van der Waals surface area contributed by atoms with E-state index in [1.807, 2.05) is 20.9 Å². The van der Waals surface area contributed by atoms with Crippen molar-refractivity contribution in [2.75, 3.05) is 7.05 Å². The average molecular weight is 128 g/mol. The lowest BCUT2D eigenvalue weighted by atomic mass is 10.2. The maximum atomic E-state index is 5.04. The summed E-state index contributed by atoms with van der Waals surface area (Å²) in [7, 11) is 1.89. The Balaban J connectivity index is 2.69. The smallest absolute Gasteiger partial charge is 0.141 e. The Morgan fingerprint density at radius 2 is 2.33 bits per heavy atom. The number of likely N-dealkylation sites (N-methyl/N-ethyl adjacent to an activating group) is 1. The predicted octanol–water partition coefficient (Wildman–Crippen LogP) is 0.361. The first-order valence-electron chi connectivity index (χ1n) is 3.06. The van der Waals surface area contributed by atoms with Crippen molar-refractivity contribution in [1.29, 1.82) is 0 Å². The van der Waals surface area contributed by atoms with Gasteiger partial charge in [-0.3, -0.25) is 0 Å². The molecular weight excluding hydrogens is 116 g/mol. The molecule has 1 aliphatic heterocycles. The van der Waals surface area contributed by atoms with E-state index in [4.69, 9.17) is 4.84 Å². The molecule has 0 saturated carbocycles. The van der Waals surface area contributed by atoms with Crippen LogP contribution in [-0.4, -0.2) is 13.1 Å². The van der Waals surface area contributed by atoms with Gasteiger partial charge >= 0.3 is 0 Å². The van der Waals surface area contributed by atoms with Gasteiger partial charge in [-0.1, -0.05) is 0 Å². The van der Waals surface area contributed by atoms with Crippen LogP contribution in [0.3, 0.4) is 0 Å². The fraction of sp³-hybridized carbons (Fsp3) is 0.667. The van der Waals surface area contributed by atoms with E-state index < -0.39 is 0 Å². The summed E-state index contributed by atoms with van der Waals surface area (Å²) < 4.78 is 0. The third-order valence-corrected chi connectivity index (χ3v) is 1.47. The van der Waals surface area contributed by atoms with Gasteiger partial charge < -0.3 is 10.2 Å². The molecule has 9 heavy (non-hydrogen) atoms. The third kappa shape index (κ3) is 1.00. The zero-order chi connectivity index (χ0) is 6.85. The van der Waals surface area contributed by atoms with Gasteiger partial charge in [-0.15, -0.1) is 5.48 Å². The molecular formula is C6H12N2O. The molecule has 52 valence electrons. The number of allylic oxidation sites excluding steroid dienone is 1. The van der Waals surface area contributed by atoms with Gasteiger partial charge in [0.25, 0.3) is 0 Å². The Hall–Kier alpha value is -0.700. The van der Waals surface area contributed by atoms with Crippen molar-refractivity contribution in [2.45, 2.75) is 19.9 Å². The molecule has 0 aliphatic carbocycles. The highest BCUT2D eigenvalue weighted by atomic mass is 16.7. The van der Waals surface area contributed by atoms with Gasteiger partial charge in [0.2, 0.25) is 0 Å². The zero-order valence-electron chi connectivity index (χ0n) is 5.99. The van der Waals surface area contributed by atoms with Crippen LogP contribution >= 0.6 is 0 Å². The van der Waals surface area contributed by atoms with Crippen LogP contribution in [0.4, 0.5) is 0 Å². The molecule has 0 amide bonds. The van der Waals surface area contributed by atoms with E-state index in [-0.39, 0.29) is 0 Å². The molecule has 2 N–H and O–H groups in total. The maximum Gasteiger partial charge on any atom is 0.141 e. The molecule has 1 heterocycles. The Morgan fingerprint density at radius 1 is 1.67 bits per heavy atom. The Morgan fingerprint density at radius 3 is 2.56 bits per heavy atom. The number of hydrogen-bond acceptors (Lipinski definition) is 3. The van der Waals surface area contributed by atoms with E-state index in [0.717, 1.165) is 11.5 Å². The third-order valence-electron chi connectivity index (χ3n) is 1.47. The molecule has 0 radical (unpaired) electrons. The zero-order valence-corrected chi connectivity index (χ0v) is 5.99. The molecule has 0 aromatic heterocycles. The molecule has 0 aromatic carbocycles. The molecule has 3 nitrogen and oxygen atoms in total. The highest BCUT2D eigenvalue weighted by Crippen LogP contribution is 2.12. The van der Waals surface area contributed by atoms with Gasteiger partial charge in [-0.05, 0) is 13.8 Å². The van der Waals surface area contributed by atoms with Crippen molar-refractivity contribution < 1.29 is 4.84 Å². The van der Waals surface area contributed by atoms with Crippen LogP contribution in [0.15, 0.2) is 11.5 Å². The highest BCUT2D eigenvalue weighted by molar-refractivity contribution is 5.13. The monoisotopic (exact) mass is 128 g/mol. The lowest BCUT2D eigenvalue weighted by Crippen LogP contribution is -2.25. The first-order chi connectivity index (χ1) is 4.25. The van der Waals surface area contributed by atoms with E-state index in [2.05, 4.69) is 10.8 Å². The topological polar surface area (TPSA) is 33.3 Å². The second-order valence-electron chi connectivity index (χ2n) is 2.16. The van der Waals surface area contributed by atoms with E-state index in [1.54, 1.807) is 0 Å². The van der Waals surface area contributed by atoms with Gasteiger partial charge in [-0.25, -0.2) is 0 Å². The van der Waals surface area contributed by atoms with Crippen LogP contribution in [0.5, 0.6) is 0 Å². The molecule has 0 fully saturated rings. The highest BCUT2D eigenvalue weighted by Gasteiger charge is 2.18. The van der Waals surface area contributed by atoms with E-state index in [9.17, 15) is 0 Å². The largest absolute Gasteiger partial charge is 0.411 e. The van der Waals surface area contributed by atoms with Crippen LogP contribution in [0.25, 0.3) is 0 Å². The maximum absolute atomic E-state index is 5.04. The molecule has 1 unspecified atom stereocenters. The number of nitrogens with one attached hydrogen (secondary N) is 2. The van der Waals surface area contributed by atoms with Gasteiger partial charge in [-0.2, -0.15) is 0 Å². The van der Waals surface area contributed by atoms with Gasteiger partial charge in [0.1, 0.15) is 5.76 Å². The SMILES string of the molecule is CNC1=C(C)ONC1C. The van der Waals surface area contributed by atoms with Gasteiger partial charge in [0.05, 0.1) is 11.7 Å². The minimum Gasteiger partial charge on any atom is -0.411 e. The first-order valence-corrected chi connectivity index (χ1v) is 3.06. The fourth-order valence-electron chi connectivity index (χ4n) is 0.988. The quantitative estimate of drug-likeness (QED) is 0.535. The molecule has 3 heteroatoms. The summed E-state index contributed by atoms with van der Waals surface area (Å²) in [6.45, 7) is 3.98.